The molecule has 1 aromatic rings. The highest BCUT2D eigenvalue weighted by Gasteiger charge is 2.22. The van der Waals surface area contributed by atoms with Crippen molar-refractivity contribution >= 4 is 0 Å². The van der Waals surface area contributed by atoms with Crippen LogP contribution in [-0.4, -0.2) is 29.2 Å². The summed E-state index contributed by atoms with van der Waals surface area (Å²) in [6, 6.07) is 2.58. The second kappa shape index (κ2) is 5.28. The van der Waals surface area contributed by atoms with Crippen molar-refractivity contribution in [2.75, 3.05) is 13.1 Å². The van der Waals surface area contributed by atoms with Crippen LogP contribution >= 0.6 is 0 Å². The maximum absolute atomic E-state index is 5.63. The number of rotatable bonds is 4. The molecule has 0 aromatic carbocycles. The first kappa shape index (κ1) is 10.6. The van der Waals surface area contributed by atoms with Crippen LogP contribution < -0.4 is 5.73 Å². The molecule has 2 heterocycles. The minimum absolute atomic E-state index is 0.639. The third-order valence-electron chi connectivity index (χ3n) is 3.11. The minimum atomic E-state index is 0.639. The zero-order chi connectivity index (χ0) is 10.5. The predicted octanol–water partition coefficient (Wildman–Crippen LogP) is 1.38. The van der Waals surface area contributed by atoms with Crippen LogP contribution in [0.15, 0.2) is 16.9 Å². The fourth-order valence-electron chi connectivity index (χ4n) is 2.31. The van der Waals surface area contributed by atoms with Gasteiger partial charge in [0.25, 0.3) is 0 Å². The Bertz CT molecular complexity index is 271. The van der Waals surface area contributed by atoms with Crippen LogP contribution in [0.25, 0.3) is 0 Å². The number of piperidine rings is 1. The molecule has 2 rings (SSSR count). The van der Waals surface area contributed by atoms with Gasteiger partial charge in [0.2, 0.25) is 0 Å². The van der Waals surface area contributed by atoms with E-state index in [2.05, 4.69) is 10.1 Å². The van der Waals surface area contributed by atoms with E-state index >= 15 is 0 Å². The van der Waals surface area contributed by atoms with E-state index in [0.29, 0.717) is 6.04 Å². The highest BCUT2D eigenvalue weighted by molar-refractivity contribution is 4.96. The second-order valence-corrected chi connectivity index (χ2v) is 4.19. The van der Waals surface area contributed by atoms with Crippen molar-refractivity contribution in [1.29, 1.82) is 0 Å². The molecular formula is C11H19N3O. The highest BCUT2D eigenvalue weighted by atomic mass is 16.5. The summed E-state index contributed by atoms with van der Waals surface area (Å²) < 4.78 is 4.85. The number of hydrogen-bond donors (Lipinski definition) is 1. The first-order valence-corrected chi connectivity index (χ1v) is 5.73. The van der Waals surface area contributed by atoms with Gasteiger partial charge in [0, 0.05) is 18.7 Å². The summed E-state index contributed by atoms with van der Waals surface area (Å²) in [4.78, 5) is 2.48. The van der Waals surface area contributed by atoms with Crippen molar-refractivity contribution in [3.63, 3.8) is 0 Å². The van der Waals surface area contributed by atoms with Crippen LogP contribution in [0.2, 0.25) is 0 Å². The van der Waals surface area contributed by atoms with Gasteiger partial charge in [-0.2, -0.15) is 0 Å². The van der Waals surface area contributed by atoms with Gasteiger partial charge in [-0.15, -0.1) is 0 Å². The molecule has 1 aromatic heterocycles. The van der Waals surface area contributed by atoms with E-state index in [9.17, 15) is 0 Å². The van der Waals surface area contributed by atoms with Crippen LogP contribution in [0, 0.1) is 0 Å². The smallest absolute Gasteiger partial charge is 0.124 e. The second-order valence-electron chi connectivity index (χ2n) is 4.19. The van der Waals surface area contributed by atoms with Gasteiger partial charge in [-0.05, 0) is 32.4 Å². The summed E-state index contributed by atoms with van der Waals surface area (Å²) in [7, 11) is 0. The van der Waals surface area contributed by atoms with Crippen LogP contribution in [0.1, 0.15) is 31.4 Å². The largest absolute Gasteiger partial charge is 0.364 e. The zero-order valence-corrected chi connectivity index (χ0v) is 9.06. The lowest BCUT2D eigenvalue weighted by Gasteiger charge is -2.34. The fourth-order valence-corrected chi connectivity index (χ4v) is 2.31. The van der Waals surface area contributed by atoms with Crippen molar-refractivity contribution < 1.29 is 4.52 Å². The summed E-state index contributed by atoms with van der Waals surface area (Å²) >= 11 is 0. The van der Waals surface area contributed by atoms with Crippen molar-refractivity contribution in [2.45, 2.75) is 38.3 Å². The van der Waals surface area contributed by atoms with Crippen molar-refractivity contribution in [3.05, 3.63) is 18.0 Å². The Morgan fingerprint density at radius 3 is 3.20 bits per heavy atom. The van der Waals surface area contributed by atoms with Crippen molar-refractivity contribution in [1.82, 2.24) is 10.1 Å². The van der Waals surface area contributed by atoms with Gasteiger partial charge in [-0.1, -0.05) is 11.6 Å². The third kappa shape index (κ3) is 2.79. The summed E-state index contributed by atoms with van der Waals surface area (Å²) in [5, 5.41) is 3.96. The predicted molar refractivity (Wildman–Crippen MR) is 58.2 cm³/mol. The Morgan fingerprint density at radius 2 is 2.47 bits per heavy atom. The Morgan fingerprint density at radius 1 is 1.53 bits per heavy atom. The summed E-state index contributed by atoms with van der Waals surface area (Å²) in [6.45, 7) is 2.85. The number of nitrogens with two attached hydrogens (primary N) is 1. The van der Waals surface area contributed by atoms with Gasteiger partial charge in [-0.25, -0.2) is 0 Å². The maximum atomic E-state index is 5.63. The normalized spacial score (nSPS) is 23.1. The van der Waals surface area contributed by atoms with Crippen LogP contribution in [-0.2, 0) is 6.54 Å². The van der Waals surface area contributed by atoms with E-state index in [1.54, 1.807) is 6.26 Å². The SMILES string of the molecule is NCCC1CCCCN1Cc1ccon1. The average Bonchev–Trinajstić information content (AvgIpc) is 2.74. The van der Waals surface area contributed by atoms with Crippen molar-refractivity contribution in [3.8, 4) is 0 Å². The van der Waals surface area contributed by atoms with E-state index in [4.69, 9.17) is 10.3 Å². The summed E-state index contributed by atoms with van der Waals surface area (Å²) in [5.41, 5.74) is 6.66. The number of aromatic nitrogens is 1. The molecule has 1 fully saturated rings. The van der Waals surface area contributed by atoms with E-state index in [0.717, 1.165) is 31.7 Å². The van der Waals surface area contributed by atoms with Gasteiger partial charge in [0.15, 0.2) is 0 Å². The van der Waals surface area contributed by atoms with E-state index < -0.39 is 0 Å². The molecule has 15 heavy (non-hydrogen) atoms. The van der Waals surface area contributed by atoms with Gasteiger partial charge in [-0.3, -0.25) is 4.90 Å². The molecule has 0 amide bonds. The Hall–Kier alpha value is -0.870. The molecular weight excluding hydrogens is 190 g/mol. The molecule has 2 N–H and O–H groups in total. The number of nitrogens with zero attached hydrogens (tertiary/aromatic N) is 2. The first-order chi connectivity index (χ1) is 7.40. The van der Waals surface area contributed by atoms with Gasteiger partial charge in [0.1, 0.15) is 6.26 Å². The average molecular weight is 209 g/mol. The van der Waals surface area contributed by atoms with Crippen LogP contribution in [0.3, 0.4) is 0 Å². The van der Waals surface area contributed by atoms with Gasteiger partial charge in [0.05, 0.1) is 5.69 Å². The number of likely N-dealkylation sites (tertiary alicyclic amines) is 1. The van der Waals surface area contributed by atoms with Crippen LogP contribution in [0.4, 0.5) is 0 Å². The molecule has 0 bridgehead atoms. The number of hydrogen-bond acceptors (Lipinski definition) is 4. The minimum Gasteiger partial charge on any atom is -0.364 e. The molecule has 1 saturated heterocycles. The van der Waals surface area contributed by atoms with E-state index in [1.165, 1.54) is 19.3 Å². The highest BCUT2D eigenvalue weighted by Crippen LogP contribution is 2.20. The molecule has 1 unspecified atom stereocenters. The topological polar surface area (TPSA) is 55.3 Å². The lowest BCUT2D eigenvalue weighted by Crippen LogP contribution is -2.40. The van der Waals surface area contributed by atoms with Gasteiger partial charge < -0.3 is 10.3 Å². The van der Waals surface area contributed by atoms with Crippen molar-refractivity contribution in [2.24, 2.45) is 5.73 Å². The molecule has 4 heteroatoms. The molecule has 1 aliphatic heterocycles. The third-order valence-corrected chi connectivity index (χ3v) is 3.11. The molecule has 0 spiro atoms. The summed E-state index contributed by atoms with van der Waals surface area (Å²) in [6.07, 6.45) is 6.63. The quantitative estimate of drug-likeness (QED) is 0.814. The van der Waals surface area contributed by atoms with Crippen LogP contribution in [0.5, 0.6) is 0 Å². The Kier molecular flexibility index (Phi) is 3.75. The molecule has 1 aliphatic rings. The molecule has 0 saturated carbocycles. The zero-order valence-electron chi connectivity index (χ0n) is 9.06. The monoisotopic (exact) mass is 209 g/mol. The van der Waals surface area contributed by atoms with E-state index in [1.807, 2.05) is 6.07 Å². The standard InChI is InChI=1S/C11H19N3O/c12-6-4-11-3-1-2-7-14(11)9-10-5-8-15-13-10/h5,8,11H,1-4,6-7,9,12H2. The lowest BCUT2D eigenvalue weighted by molar-refractivity contribution is 0.131. The summed E-state index contributed by atoms with van der Waals surface area (Å²) in [5.74, 6) is 0. The Balaban J connectivity index is 1.92. The maximum Gasteiger partial charge on any atom is 0.124 e. The molecule has 0 radical (unpaired) electrons. The molecule has 84 valence electrons. The Labute approximate surface area is 90.4 Å². The molecule has 1 atom stereocenters. The lowest BCUT2D eigenvalue weighted by atomic mass is 9.99. The molecule has 4 nitrogen and oxygen atoms in total. The first-order valence-electron chi connectivity index (χ1n) is 5.73. The van der Waals surface area contributed by atoms with Gasteiger partial charge >= 0.3 is 0 Å². The fraction of sp³-hybridized carbons (Fsp3) is 0.727. The molecule has 0 aliphatic carbocycles. The van der Waals surface area contributed by atoms with E-state index in [-0.39, 0.29) is 0 Å².